The molecule has 0 amide bonds. The highest BCUT2D eigenvalue weighted by Crippen LogP contribution is 2.30. The molecule has 0 aliphatic heterocycles. The van der Waals surface area contributed by atoms with Crippen LogP contribution in [0.1, 0.15) is 24.2 Å². The van der Waals surface area contributed by atoms with E-state index in [4.69, 9.17) is 5.26 Å². The van der Waals surface area contributed by atoms with E-state index >= 15 is 0 Å². The first-order chi connectivity index (χ1) is 9.99. The van der Waals surface area contributed by atoms with Crippen molar-refractivity contribution >= 4 is 22.7 Å². The summed E-state index contributed by atoms with van der Waals surface area (Å²) >= 11 is 0. The van der Waals surface area contributed by atoms with E-state index in [1.54, 1.807) is 17.9 Å². The molecule has 21 heavy (non-hydrogen) atoms. The van der Waals surface area contributed by atoms with Crippen molar-refractivity contribution in [1.82, 2.24) is 14.8 Å². The fourth-order valence-corrected chi connectivity index (χ4v) is 2.33. The number of nitrogens with zero attached hydrogens (tertiary/aromatic N) is 5. The lowest BCUT2D eigenvalue weighted by Gasteiger charge is -2.26. The van der Waals surface area contributed by atoms with E-state index in [9.17, 15) is 9.90 Å². The van der Waals surface area contributed by atoms with Gasteiger partial charge in [-0.2, -0.15) is 10.4 Å². The molecule has 7 nitrogen and oxygen atoms in total. The summed E-state index contributed by atoms with van der Waals surface area (Å²) in [4.78, 5) is 17.5. The molecule has 1 N–H and O–H groups in total. The molecule has 1 unspecified atom stereocenters. The van der Waals surface area contributed by atoms with Gasteiger partial charge >= 0.3 is 5.97 Å². The van der Waals surface area contributed by atoms with Crippen molar-refractivity contribution in [3.05, 3.63) is 18.0 Å². The highest BCUT2D eigenvalue weighted by atomic mass is 16.4. The van der Waals surface area contributed by atoms with Crippen molar-refractivity contribution in [2.24, 2.45) is 13.0 Å². The molecule has 110 valence electrons. The third kappa shape index (κ3) is 2.65. The average Bonchev–Trinajstić information content (AvgIpc) is 2.85. The lowest BCUT2D eigenvalue weighted by molar-refractivity contribution is 0.0697. The normalized spacial score (nSPS) is 12.1. The second kappa shape index (κ2) is 5.79. The summed E-state index contributed by atoms with van der Waals surface area (Å²) in [6.45, 7) is 4.80. The van der Waals surface area contributed by atoms with Crippen LogP contribution in [0.3, 0.4) is 0 Å². The molecule has 0 aliphatic carbocycles. The summed E-state index contributed by atoms with van der Waals surface area (Å²) in [6.07, 6.45) is 2.96. The number of hydrogen-bond donors (Lipinski definition) is 1. The summed E-state index contributed by atoms with van der Waals surface area (Å²) in [7, 11) is 1.76. The van der Waals surface area contributed by atoms with Crippen LogP contribution in [0.2, 0.25) is 0 Å². The third-order valence-electron chi connectivity index (χ3n) is 3.38. The van der Waals surface area contributed by atoms with Crippen molar-refractivity contribution in [3.63, 3.8) is 0 Å². The van der Waals surface area contributed by atoms with Gasteiger partial charge in [-0.25, -0.2) is 9.78 Å². The SMILES string of the molecule is CCN(CC(C)C#N)c1c(C(=O)O)cnc2c1cnn2C. The van der Waals surface area contributed by atoms with Crippen LogP contribution < -0.4 is 4.90 Å². The molecule has 1 atom stereocenters. The Balaban J connectivity index is 2.65. The van der Waals surface area contributed by atoms with Crippen molar-refractivity contribution in [3.8, 4) is 6.07 Å². The van der Waals surface area contributed by atoms with E-state index in [2.05, 4.69) is 16.2 Å². The molecule has 0 bridgehead atoms. The fraction of sp³-hybridized carbons (Fsp3) is 0.429. The quantitative estimate of drug-likeness (QED) is 0.898. The summed E-state index contributed by atoms with van der Waals surface area (Å²) in [5, 5.41) is 23.2. The zero-order chi connectivity index (χ0) is 15.6. The van der Waals surface area contributed by atoms with Gasteiger partial charge in [0.05, 0.1) is 29.3 Å². The highest BCUT2D eigenvalue weighted by molar-refractivity contribution is 6.03. The number of pyridine rings is 1. The number of rotatable bonds is 5. The molecule has 2 aromatic rings. The van der Waals surface area contributed by atoms with Gasteiger partial charge in [0.25, 0.3) is 0 Å². The molecule has 0 spiro atoms. The number of carbonyl (C=O) groups is 1. The van der Waals surface area contributed by atoms with E-state index in [1.807, 2.05) is 18.7 Å². The molecular weight excluding hydrogens is 270 g/mol. The Labute approximate surface area is 122 Å². The molecule has 0 saturated carbocycles. The standard InChI is InChI=1S/C14H17N5O2/c1-4-19(8-9(2)5-15)12-10-7-17-18(3)13(10)16-6-11(12)14(20)21/h6-7,9H,4,8H2,1-3H3,(H,20,21). The molecule has 2 rings (SSSR count). The van der Waals surface area contributed by atoms with Gasteiger partial charge < -0.3 is 10.0 Å². The molecule has 2 aromatic heterocycles. The number of aromatic carboxylic acids is 1. The molecule has 7 heteroatoms. The molecule has 0 radical (unpaired) electrons. The largest absolute Gasteiger partial charge is 0.478 e. The van der Waals surface area contributed by atoms with Crippen LogP contribution in [-0.2, 0) is 7.05 Å². The Bertz CT molecular complexity index is 716. The monoisotopic (exact) mass is 287 g/mol. The number of anilines is 1. The van der Waals surface area contributed by atoms with Crippen molar-refractivity contribution < 1.29 is 9.90 Å². The topological polar surface area (TPSA) is 95.0 Å². The number of hydrogen-bond acceptors (Lipinski definition) is 5. The minimum absolute atomic E-state index is 0.127. The van der Waals surface area contributed by atoms with Crippen LogP contribution in [0.4, 0.5) is 5.69 Å². The lowest BCUT2D eigenvalue weighted by atomic mass is 10.1. The molecule has 0 fully saturated rings. The number of carboxylic acid groups (broad SMARTS) is 1. The van der Waals surface area contributed by atoms with Crippen molar-refractivity contribution in [2.75, 3.05) is 18.0 Å². The molecule has 2 heterocycles. The second-order valence-electron chi connectivity index (χ2n) is 4.90. The van der Waals surface area contributed by atoms with Crippen molar-refractivity contribution in [1.29, 1.82) is 5.26 Å². The van der Waals surface area contributed by atoms with E-state index in [1.165, 1.54) is 6.20 Å². The zero-order valence-electron chi connectivity index (χ0n) is 12.2. The fourth-order valence-electron chi connectivity index (χ4n) is 2.33. The Morgan fingerprint density at radius 1 is 1.57 bits per heavy atom. The molecular formula is C14H17N5O2. The number of carboxylic acids is 1. The van der Waals surface area contributed by atoms with E-state index in [0.717, 1.165) is 0 Å². The maximum atomic E-state index is 11.5. The summed E-state index contributed by atoms with van der Waals surface area (Å²) in [5.41, 5.74) is 1.32. The van der Waals surface area contributed by atoms with Crippen LogP contribution in [0.25, 0.3) is 11.0 Å². The first kappa shape index (κ1) is 14.8. The number of nitriles is 1. The van der Waals surface area contributed by atoms with Crippen LogP contribution in [0.15, 0.2) is 12.4 Å². The van der Waals surface area contributed by atoms with Crippen LogP contribution in [-0.4, -0.2) is 38.9 Å². The van der Waals surface area contributed by atoms with E-state index in [0.29, 0.717) is 29.8 Å². The summed E-state index contributed by atoms with van der Waals surface area (Å²) in [5.74, 6) is -1.24. The highest BCUT2D eigenvalue weighted by Gasteiger charge is 2.22. The van der Waals surface area contributed by atoms with Crippen LogP contribution in [0, 0.1) is 17.2 Å². The van der Waals surface area contributed by atoms with Gasteiger partial charge in [-0.1, -0.05) is 0 Å². The second-order valence-corrected chi connectivity index (χ2v) is 4.90. The Morgan fingerprint density at radius 2 is 2.29 bits per heavy atom. The zero-order valence-corrected chi connectivity index (χ0v) is 12.2. The Kier molecular flexibility index (Phi) is 4.08. The van der Waals surface area contributed by atoms with Crippen LogP contribution in [0.5, 0.6) is 0 Å². The van der Waals surface area contributed by atoms with Gasteiger partial charge in [0.1, 0.15) is 5.56 Å². The van der Waals surface area contributed by atoms with Crippen LogP contribution >= 0.6 is 0 Å². The average molecular weight is 287 g/mol. The summed E-state index contributed by atoms with van der Waals surface area (Å²) < 4.78 is 1.60. The number of aryl methyl sites for hydroxylation is 1. The molecule has 0 aromatic carbocycles. The first-order valence-corrected chi connectivity index (χ1v) is 6.68. The predicted molar refractivity (Wildman–Crippen MR) is 78.1 cm³/mol. The van der Waals surface area contributed by atoms with Gasteiger partial charge in [0.2, 0.25) is 0 Å². The number of fused-ring (bicyclic) bond motifs is 1. The Hall–Kier alpha value is -2.62. The van der Waals surface area contributed by atoms with Gasteiger partial charge in [-0.3, -0.25) is 4.68 Å². The lowest BCUT2D eigenvalue weighted by Crippen LogP contribution is -2.29. The maximum Gasteiger partial charge on any atom is 0.339 e. The molecule has 0 aliphatic rings. The first-order valence-electron chi connectivity index (χ1n) is 6.68. The maximum absolute atomic E-state index is 11.5. The summed E-state index contributed by atoms with van der Waals surface area (Å²) in [6, 6.07) is 2.18. The van der Waals surface area contributed by atoms with Gasteiger partial charge in [0, 0.05) is 26.3 Å². The van der Waals surface area contributed by atoms with Crippen molar-refractivity contribution in [2.45, 2.75) is 13.8 Å². The Morgan fingerprint density at radius 3 is 2.86 bits per heavy atom. The van der Waals surface area contributed by atoms with E-state index < -0.39 is 5.97 Å². The third-order valence-corrected chi connectivity index (χ3v) is 3.38. The smallest absolute Gasteiger partial charge is 0.339 e. The van der Waals surface area contributed by atoms with Gasteiger partial charge in [-0.15, -0.1) is 0 Å². The van der Waals surface area contributed by atoms with E-state index in [-0.39, 0.29) is 11.5 Å². The number of aromatic nitrogens is 3. The molecule has 0 saturated heterocycles. The minimum Gasteiger partial charge on any atom is -0.478 e. The van der Waals surface area contributed by atoms with Gasteiger partial charge in [-0.05, 0) is 13.8 Å². The van der Waals surface area contributed by atoms with Gasteiger partial charge in [0.15, 0.2) is 5.65 Å². The minimum atomic E-state index is -1.04. The predicted octanol–water partition coefficient (Wildman–Crippen LogP) is 1.65.